The molecule has 0 bridgehead atoms. The van der Waals surface area contributed by atoms with E-state index in [-0.39, 0.29) is 6.10 Å². The fourth-order valence-corrected chi connectivity index (χ4v) is 3.41. The van der Waals surface area contributed by atoms with Crippen molar-refractivity contribution < 1.29 is 4.74 Å². The molecule has 2 rings (SSSR count). The van der Waals surface area contributed by atoms with Crippen molar-refractivity contribution in [2.75, 3.05) is 12.8 Å². The van der Waals surface area contributed by atoms with E-state index in [1.54, 1.807) is 7.11 Å². The lowest BCUT2D eigenvalue weighted by Gasteiger charge is -2.18. The van der Waals surface area contributed by atoms with Gasteiger partial charge in [0.1, 0.15) is 11.9 Å². The van der Waals surface area contributed by atoms with Crippen molar-refractivity contribution in [1.29, 1.82) is 0 Å². The van der Waals surface area contributed by atoms with E-state index in [2.05, 4.69) is 34.5 Å². The second kappa shape index (κ2) is 6.83. The normalized spacial score (nSPS) is 17.8. The summed E-state index contributed by atoms with van der Waals surface area (Å²) in [5.41, 5.74) is 7.20. The number of ether oxygens (including phenoxy) is 1. The molecule has 0 saturated heterocycles. The van der Waals surface area contributed by atoms with Gasteiger partial charge in [0.05, 0.1) is 9.26 Å². The molecular weight excluding hydrogens is 353 g/mol. The Morgan fingerprint density at radius 2 is 2.05 bits per heavy atom. The molecule has 0 aromatic carbocycles. The Morgan fingerprint density at radius 1 is 1.37 bits per heavy atom. The van der Waals surface area contributed by atoms with E-state index in [1.165, 1.54) is 25.7 Å². The fourth-order valence-electron chi connectivity index (χ4n) is 2.73. The highest BCUT2D eigenvalue weighted by Gasteiger charge is 2.25. The van der Waals surface area contributed by atoms with Crippen LogP contribution in [0.4, 0.5) is 5.82 Å². The zero-order valence-corrected chi connectivity index (χ0v) is 13.8. The molecule has 106 valence electrons. The number of nitrogens with two attached hydrogens (primary N) is 1. The van der Waals surface area contributed by atoms with Crippen LogP contribution >= 0.6 is 22.6 Å². The van der Waals surface area contributed by atoms with Crippen LogP contribution in [0, 0.1) is 3.57 Å². The number of hydrogen-bond donors (Lipinski definition) is 1. The van der Waals surface area contributed by atoms with Crippen molar-refractivity contribution in [2.45, 2.75) is 57.5 Å². The summed E-state index contributed by atoms with van der Waals surface area (Å²) < 4.78 is 6.53. The molecule has 1 unspecified atom stereocenters. The van der Waals surface area contributed by atoms with E-state index in [4.69, 9.17) is 15.5 Å². The topological polar surface area (TPSA) is 61.0 Å². The minimum atomic E-state index is -0.0375. The van der Waals surface area contributed by atoms with Crippen molar-refractivity contribution in [3.05, 3.63) is 15.1 Å². The second-order valence-corrected chi connectivity index (χ2v) is 6.24. The van der Waals surface area contributed by atoms with E-state index in [0.29, 0.717) is 11.7 Å². The van der Waals surface area contributed by atoms with E-state index in [9.17, 15) is 0 Å². The molecule has 5 heteroatoms. The van der Waals surface area contributed by atoms with Gasteiger partial charge in [-0.1, -0.05) is 26.2 Å². The SMILES string of the molecule is CCCC(OC)c1nc(N)c(I)c(C2CCCC2)n1. The molecule has 1 saturated carbocycles. The Bertz CT molecular complexity index is 433. The molecule has 1 aliphatic carbocycles. The van der Waals surface area contributed by atoms with Crippen LogP contribution in [0.15, 0.2) is 0 Å². The summed E-state index contributed by atoms with van der Waals surface area (Å²) in [7, 11) is 1.72. The number of nitrogen functional groups attached to an aromatic ring is 1. The zero-order valence-electron chi connectivity index (χ0n) is 11.7. The maximum atomic E-state index is 6.06. The minimum absolute atomic E-state index is 0.0375. The average molecular weight is 375 g/mol. The Morgan fingerprint density at radius 3 is 2.63 bits per heavy atom. The van der Waals surface area contributed by atoms with Crippen LogP contribution in [-0.4, -0.2) is 17.1 Å². The largest absolute Gasteiger partial charge is 0.383 e. The molecule has 0 amide bonds. The summed E-state index contributed by atoms with van der Waals surface area (Å²) >= 11 is 2.28. The lowest BCUT2D eigenvalue weighted by Crippen LogP contribution is -2.14. The van der Waals surface area contributed by atoms with Crippen molar-refractivity contribution in [2.24, 2.45) is 0 Å². The van der Waals surface area contributed by atoms with Crippen molar-refractivity contribution in [3.8, 4) is 0 Å². The highest BCUT2D eigenvalue weighted by atomic mass is 127. The first-order valence-corrected chi connectivity index (χ1v) is 8.10. The van der Waals surface area contributed by atoms with Gasteiger partial charge in [0.15, 0.2) is 5.82 Å². The van der Waals surface area contributed by atoms with Crippen LogP contribution in [0.2, 0.25) is 0 Å². The monoisotopic (exact) mass is 375 g/mol. The third-order valence-electron chi connectivity index (χ3n) is 3.79. The maximum absolute atomic E-state index is 6.06. The minimum Gasteiger partial charge on any atom is -0.383 e. The van der Waals surface area contributed by atoms with Crippen molar-refractivity contribution in [1.82, 2.24) is 9.97 Å². The van der Waals surface area contributed by atoms with Gasteiger partial charge in [0.25, 0.3) is 0 Å². The first-order valence-electron chi connectivity index (χ1n) is 7.03. The molecule has 1 aromatic heterocycles. The van der Waals surface area contributed by atoms with Gasteiger partial charge in [-0.2, -0.15) is 0 Å². The molecule has 0 radical (unpaired) electrons. The summed E-state index contributed by atoms with van der Waals surface area (Å²) in [5, 5.41) is 0. The lowest BCUT2D eigenvalue weighted by atomic mass is 10.0. The van der Waals surface area contributed by atoms with Crippen LogP contribution < -0.4 is 5.73 Å². The van der Waals surface area contributed by atoms with Crippen LogP contribution in [-0.2, 0) is 4.74 Å². The predicted octanol–water partition coefficient (Wildman–Crippen LogP) is 3.81. The number of aromatic nitrogens is 2. The summed E-state index contributed by atoms with van der Waals surface area (Å²) in [6.45, 7) is 2.14. The number of rotatable bonds is 5. The molecule has 19 heavy (non-hydrogen) atoms. The third-order valence-corrected chi connectivity index (χ3v) is 4.89. The van der Waals surface area contributed by atoms with Gasteiger partial charge in [-0.15, -0.1) is 0 Å². The van der Waals surface area contributed by atoms with E-state index in [1.807, 2.05) is 0 Å². The quantitative estimate of drug-likeness (QED) is 0.796. The van der Waals surface area contributed by atoms with E-state index < -0.39 is 0 Å². The fraction of sp³-hybridized carbons (Fsp3) is 0.714. The molecule has 1 heterocycles. The van der Waals surface area contributed by atoms with Crippen LogP contribution in [0.5, 0.6) is 0 Å². The molecule has 4 nitrogen and oxygen atoms in total. The number of hydrogen-bond acceptors (Lipinski definition) is 4. The number of nitrogens with zero attached hydrogens (tertiary/aromatic N) is 2. The van der Waals surface area contributed by atoms with Crippen LogP contribution in [0.1, 0.15) is 69.0 Å². The van der Waals surface area contributed by atoms with Gasteiger partial charge in [-0.3, -0.25) is 0 Å². The predicted molar refractivity (Wildman–Crippen MR) is 85.0 cm³/mol. The highest BCUT2D eigenvalue weighted by Crippen LogP contribution is 2.37. The van der Waals surface area contributed by atoms with Gasteiger partial charge in [-0.05, 0) is 41.9 Å². The van der Waals surface area contributed by atoms with Crippen LogP contribution in [0.25, 0.3) is 0 Å². The van der Waals surface area contributed by atoms with Crippen LogP contribution in [0.3, 0.4) is 0 Å². The van der Waals surface area contributed by atoms with Gasteiger partial charge >= 0.3 is 0 Å². The number of anilines is 1. The average Bonchev–Trinajstić information content (AvgIpc) is 2.93. The molecular formula is C14H22IN3O. The summed E-state index contributed by atoms with van der Waals surface area (Å²) in [6, 6.07) is 0. The molecule has 1 aliphatic rings. The van der Waals surface area contributed by atoms with E-state index in [0.717, 1.165) is 27.9 Å². The molecule has 2 N–H and O–H groups in total. The van der Waals surface area contributed by atoms with Gasteiger partial charge < -0.3 is 10.5 Å². The number of methoxy groups -OCH3 is 1. The zero-order chi connectivity index (χ0) is 13.8. The summed E-state index contributed by atoms with van der Waals surface area (Å²) in [6.07, 6.45) is 6.97. The third kappa shape index (κ3) is 3.37. The van der Waals surface area contributed by atoms with Gasteiger partial charge in [-0.25, -0.2) is 9.97 Å². The first kappa shape index (κ1) is 15.0. The van der Waals surface area contributed by atoms with Gasteiger partial charge in [0, 0.05) is 13.0 Å². The molecule has 0 spiro atoms. The van der Waals surface area contributed by atoms with Crippen molar-refractivity contribution >= 4 is 28.4 Å². The molecule has 0 aliphatic heterocycles. The number of halogens is 1. The van der Waals surface area contributed by atoms with Gasteiger partial charge in [0.2, 0.25) is 0 Å². The maximum Gasteiger partial charge on any atom is 0.159 e. The first-order chi connectivity index (χ1) is 9.17. The lowest BCUT2D eigenvalue weighted by molar-refractivity contribution is 0.0874. The Kier molecular flexibility index (Phi) is 5.38. The summed E-state index contributed by atoms with van der Waals surface area (Å²) in [5.74, 6) is 1.91. The molecule has 1 fully saturated rings. The second-order valence-electron chi connectivity index (χ2n) is 5.16. The van der Waals surface area contributed by atoms with E-state index >= 15 is 0 Å². The Balaban J connectivity index is 2.34. The molecule has 1 atom stereocenters. The molecule has 1 aromatic rings. The Labute approximate surface area is 128 Å². The van der Waals surface area contributed by atoms with Crippen molar-refractivity contribution in [3.63, 3.8) is 0 Å². The smallest absolute Gasteiger partial charge is 0.159 e. The summed E-state index contributed by atoms with van der Waals surface area (Å²) in [4.78, 5) is 9.21. The highest BCUT2D eigenvalue weighted by molar-refractivity contribution is 14.1. The Hall–Kier alpha value is -0.430. The standard InChI is InChI=1S/C14H22IN3O/c1-3-6-10(19-2)14-17-12(9-7-4-5-8-9)11(15)13(16)18-14/h9-10H,3-8H2,1-2H3,(H2,16,17,18).